The number of ether oxygens (including phenoxy) is 2. The fourth-order valence-electron chi connectivity index (χ4n) is 3.79. The molecule has 172 valence electrons. The van der Waals surface area contributed by atoms with Crippen LogP contribution in [-0.4, -0.2) is 40.7 Å². The molecule has 9 heteroatoms. The third-order valence-electron chi connectivity index (χ3n) is 5.48. The lowest BCUT2D eigenvalue weighted by molar-refractivity contribution is 0.0996. The summed E-state index contributed by atoms with van der Waals surface area (Å²) in [5.41, 5.74) is 1.93. The Morgan fingerprint density at radius 1 is 1.18 bits per heavy atom. The lowest BCUT2D eigenvalue weighted by atomic mass is 10.2. The summed E-state index contributed by atoms with van der Waals surface area (Å²) in [6, 6.07) is 13.8. The van der Waals surface area contributed by atoms with Crippen molar-refractivity contribution >= 4 is 22.6 Å². The van der Waals surface area contributed by atoms with Gasteiger partial charge in [0.2, 0.25) is 0 Å². The molecule has 0 atom stereocenters. The van der Waals surface area contributed by atoms with Crippen LogP contribution in [-0.2, 0) is 11.3 Å². The zero-order valence-electron chi connectivity index (χ0n) is 19.1. The number of nitrogens with zero attached hydrogens (tertiary/aromatic N) is 5. The van der Waals surface area contributed by atoms with E-state index in [2.05, 4.69) is 11.1 Å². The molecule has 4 aromatic rings. The fourth-order valence-corrected chi connectivity index (χ4v) is 3.79. The first kappa shape index (κ1) is 22.9. The summed E-state index contributed by atoms with van der Waals surface area (Å²) in [4.78, 5) is 35.4. The van der Waals surface area contributed by atoms with Crippen LogP contribution in [0.15, 0.2) is 58.4 Å². The number of amides is 1. The Kier molecular flexibility index (Phi) is 6.52. The maximum Gasteiger partial charge on any atom is 0.279 e. The summed E-state index contributed by atoms with van der Waals surface area (Å²) in [6.07, 6.45) is 2.21. The highest BCUT2D eigenvalue weighted by molar-refractivity contribution is 5.95. The SMILES string of the molecule is COCCCn1c(=NC(=O)c2cccc(OC)c2)c(C#N)cc2c(=O)n3cccc(C)c3nc21. The largest absolute Gasteiger partial charge is 0.497 e. The Hall–Kier alpha value is -4.29. The van der Waals surface area contributed by atoms with Gasteiger partial charge in [-0.15, -0.1) is 0 Å². The Morgan fingerprint density at radius 2 is 2.00 bits per heavy atom. The molecule has 1 amide bonds. The fraction of sp³-hybridized carbons (Fsp3) is 0.240. The van der Waals surface area contributed by atoms with Gasteiger partial charge in [-0.3, -0.25) is 14.0 Å². The second kappa shape index (κ2) is 9.68. The van der Waals surface area contributed by atoms with E-state index in [0.29, 0.717) is 42.2 Å². The molecular formula is C25H23N5O4. The lowest BCUT2D eigenvalue weighted by Crippen LogP contribution is -2.30. The van der Waals surface area contributed by atoms with Crippen LogP contribution in [0.1, 0.15) is 27.9 Å². The van der Waals surface area contributed by atoms with Crippen LogP contribution in [0.4, 0.5) is 0 Å². The van der Waals surface area contributed by atoms with Gasteiger partial charge in [0.05, 0.1) is 18.1 Å². The number of aromatic nitrogens is 3. The number of carbonyl (C=O) groups is 1. The van der Waals surface area contributed by atoms with Gasteiger partial charge in [0.25, 0.3) is 11.5 Å². The number of rotatable bonds is 6. The van der Waals surface area contributed by atoms with Crippen LogP contribution >= 0.6 is 0 Å². The number of nitriles is 1. The number of pyridine rings is 2. The van der Waals surface area contributed by atoms with Gasteiger partial charge in [-0.2, -0.15) is 10.3 Å². The average Bonchev–Trinajstić information content (AvgIpc) is 2.86. The van der Waals surface area contributed by atoms with Crippen molar-refractivity contribution in [1.82, 2.24) is 14.0 Å². The minimum Gasteiger partial charge on any atom is -0.497 e. The molecule has 0 unspecified atom stereocenters. The van der Waals surface area contributed by atoms with E-state index in [4.69, 9.17) is 14.5 Å². The number of hydrogen-bond donors (Lipinski definition) is 0. The molecule has 0 aliphatic carbocycles. The van der Waals surface area contributed by atoms with Crippen LogP contribution < -0.4 is 15.8 Å². The van der Waals surface area contributed by atoms with E-state index in [-0.39, 0.29) is 22.0 Å². The zero-order chi connectivity index (χ0) is 24.2. The van der Waals surface area contributed by atoms with Crippen molar-refractivity contribution in [3.05, 3.63) is 81.2 Å². The number of fused-ring (bicyclic) bond motifs is 2. The third-order valence-corrected chi connectivity index (χ3v) is 5.48. The molecule has 0 fully saturated rings. The van der Waals surface area contributed by atoms with E-state index in [1.807, 2.05) is 13.0 Å². The van der Waals surface area contributed by atoms with E-state index >= 15 is 0 Å². The summed E-state index contributed by atoms with van der Waals surface area (Å²) >= 11 is 0. The lowest BCUT2D eigenvalue weighted by Gasteiger charge is -2.14. The van der Waals surface area contributed by atoms with Crippen molar-refractivity contribution in [1.29, 1.82) is 5.26 Å². The summed E-state index contributed by atoms with van der Waals surface area (Å²) in [7, 11) is 3.10. The summed E-state index contributed by atoms with van der Waals surface area (Å²) in [5.74, 6) is -0.0198. The van der Waals surface area contributed by atoms with Crippen LogP contribution in [0, 0.1) is 18.3 Å². The molecule has 0 saturated heterocycles. The van der Waals surface area contributed by atoms with Gasteiger partial charge in [-0.1, -0.05) is 12.1 Å². The van der Waals surface area contributed by atoms with Gasteiger partial charge in [0, 0.05) is 32.0 Å². The molecule has 3 aromatic heterocycles. The molecule has 34 heavy (non-hydrogen) atoms. The molecule has 4 rings (SSSR count). The van der Waals surface area contributed by atoms with Gasteiger partial charge >= 0.3 is 0 Å². The van der Waals surface area contributed by atoms with Gasteiger partial charge in [0.15, 0.2) is 5.49 Å². The molecule has 0 N–H and O–H groups in total. The van der Waals surface area contributed by atoms with Crippen molar-refractivity contribution < 1.29 is 14.3 Å². The second-order valence-corrected chi connectivity index (χ2v) is 7.68. The maximum absolute atomic E-state index is 13.3. The van der Waals surface area contributed by atoms with Gasteiger partial charge in [0.1, 0.15) is 23.1 Å². The molecule has 0 radical (unpaired) electrons. The Balaban J connectivity index is 2.05. The predicted molar refractivity (Wildman–Crippen MR) is 126 cm³/mol. The molecule has 0 aliphatic heterocycles. The summed E-state index contributed by atoms with van der Waals surface area (Å²) in [5, 5.41) is 10.1. The standard InChI is InChI=1S/C25H23N5O4/c1-16-7-5-10-30-21(16)27-23-20(25(30)32)14-18(15-26)22(29(23)11-6-12-33-2)28-24(31)17-8-4-9-19(13-17)34-3/h4-5,7-10,13-14H,6,11-12H2,1-3H3. The quantitative estimate of drug-likeness (QED) is 0.325. The summed E-state index contributed by atoms with van der Waals surface area (Å²) in [6.45, 7) is 2.66. The number of aryl methyl sites for hydroxylation is 2. The molecule has 0 bridgehead atoms. The van der Waals surface area contributed by atoms with Crippen LogP contribution in [0.5, 0.6) is 5.75 Å². The van der Waals surface area contributed by atoms with E-state index < -0.39 is 5.91 Å². The number of benzene rings is 1. The highest BCUT2D eigenvalue weighted by atomic mass is 16.5. The van der Waals surface area contributed by atoms with E-state index in [1.165, 1.54) is 17.6 Å². The monoisotopic (exact) mass is 457 g/mol. The van der Waals surface area contributed by atoms with Crippen LogP contribution in [0.25, 0.3) is 16.7 Å². The highest BCUT2D eigenvalue weighted by Crippen LogP contribution is 2.15. The zero-order valence-corrected chi connectivity index (χ0v) is 19.1. The number of carbonyl (C=O) groups excluding carboxylic acids is 1. The minimum atomic E-state index is -0.538. The van der Waals surface area contributed by atoms with Crippen LogP contribution in [0.2, 0.25) is 0 Å². The first-order valence-corrected chi connectivity index (χ1v) is 10.7. The molecule has 0 aliphatic rings. The van der Waals surface area contributed by atoms with E-state index in [0.717, 1.165) is 5.56 Å². The van der Waals surface area contributed by atoms with Gasteiger partial charge in [-0.05, 0) is 49.2 Å². The van der Waals surface area contributed by atoms with Crippen molar-refractivity contribution in [2.45, 2.75) is 19.9 Å². The molecule has 9 nitrogen and oxygen atoms in total. The Labute approximate surface area is 195 Å². The van der Waals surface area contributed by atoms with Crippen molar-refractivity contribution in [2.24, 2.45) is 4.99 Å². The van der Waals surface area contributed by atoms with Crippen molar-refractivity contribution in [3.8, 4) is 11.8 Å². The normalized spacial score (nSPS) is 11.6. The Morgan fingerprint density at radius 3 is 2.74 bits per heavy atom. The molecular weight excluding hydrogens is 434 g/mol. The first-order valence-electron chi connectivity index (χ1n) is 10.7. The van der Waals surface area contributed by atoms with Gasteiger partial charge < -0.3 is 14.0 Å². The smallest absolute Gasteiger partial charge is 0.279 e. The Bertz CT molecular complexity index is 1580. The third kappa shape index (κ3) is 4.19. The average molecular weight is 457 g/mol. The van der Waals surface area contributed by atoms with Crippen LogP contribution in [0.3, 0.4) is 0 Å². The van der Waals surface area contributed by atoms with E-state index in [1.54, 1.807) is 48.2 Å². The van der Waals surface area contributed by atoms with Gasteiger partial charge in [-0.25, -0.2) is 4.98 Å². The minimum absolute atomic E-state index is 0.104. The van der Waals surface area contributed by atoms with Crippen molar-refractivity contribution in [2.75, 3.05) is 20.8 Å². The molecule has 3 heterocycles. The summed E-state index contributed by atoms with van der Waals surface area (Å²) < 4.78 is 13.5. The molecule has 1 aromatic carbocycles. The molecule has 0 saturated carbocycles. The predicted octanol–water partition coefficient (Wildman–Crippen LogP) is 2.62. The topological polar surface area (TPSA) is 111 Å². The number of hydrogen-bond acceptors (Lipinski definition) is 6. The molecule has 0 spiro atoms. The number of methoxy groups -OCH3 is 2. The van der Waals surface area contributed by atoms with E-state index in [9.17, 15) is 14.9 Å². The first-order chi connectivity index (χ1) is 16.5. The van der Waals surface area contributed by atoms with Crippen molar-refractivity contribution in [3.63, 3.8) is 0 Å². The second-order valence-electron chi connectivity index (χ2n) is 7.68. The highest BCUT2D eigenvalue weighted by Gasteiger charge is 2.16. The maximum atomic E-state index is 13.3.